The fourth-order valence-electron chi connectivity index (χ4n) is 0.943. The van der Waals surface area contributed by atoms with Crippen molar-refractivity contribution in [3.63, 3.8) is 0 Å². The van der Waals surface area contributed by atoms with Crippen LogP contribution in [0.2, 0.25) is 0 Å². The minimum absolute atomic E-state index is 0.0215. The van der Waals surface area contributed by atoms with Crippen LogP contribution in [-0.2, 0) is 17.6 Å². The van der Waals surface area contributed by atoms with Crippen molar-refractivity contribution >= 4 is 19.6 Å². The quantitative estimate of drug-likeness (QED) is 0.521. The molecule has 0 aromatic heterocycles. The van der Waals surface area contributed by atoms with Gasteiger partial charge < -0.3 is 0 Å². The molecule has 0 spiro atoms. The van der Waals surface area contributed by atoms with Gasteiger partial charge >= 0.3 is 80.4 Å². The van der Waals surface area contributed by atoms with E-state index in [9.17, 15) is 0 Å². The van der Waals surface area contributed by atoms with Gasteiger partial charge in [0.05, 0.1) is 0 Å². The Morgan fingerprint density at radius 1 is 1.73 bits per heavy atom. The van der Waals surface area contributed by atoms with Crippen LogP contribution < -0.4 is 0 Å². The van der Waals surface area contributed by atoms with Crippen LogP contribution in [0.4, 0.5) is 0 Å². The molecule has 68 valence electrons. The van der Waals surface area contributed by atoms with Crippen molar-refractivity contribution in [1.82, 2.24) is 0 Å². The van der Waals surface area contributed by atoms with Crippen molar-refractivity contribution in [1.29, 1.82) is 0 Å². The van der Waals surface area contributed by atoms with Gasteiger partial charge in [0.25, 0.3) is 0 Å². The molecule has 1 aliphatic heterocycles. The van der Waals surface area contributed by atoms with E-state index >= 15 is 0 Å². The van der Waals surface area contributed by atoms with Crippen LogP contribution in [0, 0.1) is 0 Å². The molecule has 0 radical (unpaired) electrons. The SMILES string of the molecule is C[P](C)(CC1=NC=CC1)=[Au][Cl]. The third-order valence-electron chi connectivity index (χ3n) is 1.40. The standard InChI is InChI=1S/C7H12NP.Au.ClH/c1-9(2)6-7-4-3-5-8-7;;/h3,5H,4,6H2,1-2H3;;1H/q;+1;/p-1. The van der Waals surface area contributed by atoms with Gasteiger partial charge in [0.1, 0.15) is 0 Å². The van der Waals surface area contributed by atoms with Crippen LogP contribution in [0.15, 0.2) is 17.3 Å². The van der Waals surface area contributed by atoms with Crippen molar-refractivity contribution < 1.29 is 17.6 Å². The van der Waals surface area contributed by atoms with Crippen LogP contribution in [0.1, 0.15) is 6.42 Å². The van der Waals surface area contributed by atoms with Gasteiger partial charge in [0, 0.05) is 0 Å². The van der Waals surface area contributed by atoms with E-state index < -0.39 is 4.69 Å². The molecule has 1 aliphatic rings. The molecule has 0 unspecified atom stereocenters. The Morgan fingerprint density at radius 3 is 2.91 bits per heavy atom. The van der Waals surface area contributed by atoms with Crippen LogP contribution in [0.5, 0.6) is 0 Å². The summed E-state index contributed by atoms with van der Waals surface area (Å²) in [6, 6.07) is 0. The summed E-state index contributed by atoms with van der Waals surface area (Å²) in [7, 11) is 5.94. The normalized spacial score (nSPS) is 17.5. The molecular formula is C7H12AuClNP. The van der Waals surface area contributed by atoms with Crippen molar-refractivity contribution in [3.05, 3.63) is 12.3 Å². The molecule has 0 N–H and O–H groups in total. The first-order valence-corrected chi connectivity index (χ1v) is 11.7. The summed E-state index contributed by atoms with van der Waals surface area (Å²) in [6.45, 7) is 4.64. The number of hydrogen-bond acceptors (Lipinski definition) is 1. The van der Waals surface area contributed by atoms with Crippen molar-refractivity contribution in [3.8, 4) is 0 Å². The molecule has 0 bridgehead atoms. The van der Waals surface area contributed by atoms with Crippen molar-refractivity contribution in [2.75, 3.05) is 19.5 Å². The van der Waals surface area contributed by atoms with E-state index in [2.05, 4.69) is 24.4 Å². The summed E-state index contributed by atoms with van der Waals surface area (Å²) >= 11 is 0.0215. The van der Waals surface area contributed by atoms with Crippen LogP contribution in [-0.4, -0.2) is 25.2 Å². The molecule has 0 saturated heterocycles. The fourth-order valence-corrected chi connectivity index (χ4v) is 4.49. The van der Waals surface area contributed by atoms with Crippen LogP contribution in [0.3, 0.4) is 0 Å². The zero-order valence-corrected chi connectivity index (χ0v) is 10.5. The van der Waals surface area contributed by atoms with E-state index in [-0.39, 0.29) is 17.6 Å². The fraction of sp³-hybridized carbons (Fsp3) is 0.571. The Kier molecular flexibility index (Phi) is 3.81. The Hall–Kier alpha value is 0.870. The predicted molar refractivity (Wildman–Crippen MR) is 50.7 cm³/mol. The predicted octanol–water partition coefficient (Wildman–Crippen LogP) is 2.77. The van der Waals surface area contributed by atoms with Gasteiger partial charge in [-0.2, -0.15) is 0 Å². The number of aliphatic imine (C=N–C) groups is 1. The summed E-state index contributed by atoms with van der Waals surface area (Å²) in [6.07, 6.45) is 6.24. The molecule has 0 atom stereocenters. The number of hydrogen-bond donors (Lipinski definition) is 0. The van der Waals surface area contributed by atoms with Gasteiger partial charge in [-0.3, -0.25) is 0 Å². The first kappa shape index (κ1) is 9.95. The summed E-state index contributed by atoms with van der Waals surface area (Å²) in [5.74, 6) is 0. The molecule has 1 rings (SSSR count). The summed E-state index contributed by atoms with van der Waals surface area (Å²) in [5.41, 5.74) is 1.33. The van der Waals surface area contributed by atoms with Crippen molar-refractivity contribution in [2.24, 2.45) is 4.99 Å². The van der Waals surface area contributed by atoms with E-state index in [0.29, 0.717) is 0 Å². The summed E-state index contributed by atoms with van der Waals surface area (Å²) in [5, 5.41) is 0. The topological polar surface area (TPSA) is 12.4 Å². The zero-order valence-electron chi connectivity index (χ0n) is 6.64. The first-order chi connectivity index (χ1) is 5.14. The summed E-state index contributed by atoms with van der Waals surface area (Å²) in [4.78, 5) is 4.29. The van der Waals surface area contributed by atoms with Crippen LogP contribution in [0.25, 0.3) is 0 Å². The molecule has 0 fully saturated rings. The molecule has 4 heteroatoms. The van der Waals surface area contributed by atoms with E-state index in [1.807, 2.05) is 6.20 Å². The molecule has 0 aromatic carbocycles. The number of halogens is 1. The molecular weight excluding hydrogens is 361 g/mol. The molecule has 1 heterocycles. The number of allylic oxidation sites excluding steroid dienone is 1. The van der Waals surface area contributed by atoms with Crippen molar-refractivity contribution in [2.45, 2.75) is 6.42 Å². The van der Waals surface area contributed by atoms with Gasteiger partial charge in [-0.05, 0) is 0 Å². The van der Waals surface area contributed by atoms with Gasteiger partial charge in [-0.25, -0.2) is 0 Å². The number of rotatable bonds is 2. The van der Waals surface area contributed by atoms with E-state index in [0.717, 1.165) is 6.42 Å². The zero-order chi connectivity index (χ0) is 8.32. The monoisotopic (exact) mass is 373 g/mol. The first-order valence-electron chi connectivity index (χ1n) is 3.39. The summed E-state index contributed by atoms with van der Waals surface area (Å²) < 4.78 is -0.781. The van der Waals surface area contributed by atoms with E-state index in [4.69, 9.17) is 9.19 Å². The maximum absolute atomic E-state index is 5.94. The molecule has 11 heavy (non-hydrogen) atoms. The average Bonchev–Trinajstić information content (AvgIpc) is 2.39. The molecule has 0 aromatic rings. The second-order valence-corrected chi connectivity index (χ2v) is 17.7. The van der Waals surface area contributed by atoms with E-state index in [1.54, 1.807) is 0 Å². The molecule has 1 nitrogen and oxygen atoms in total. The third kappa shape index (κ3) is 3.40. The maximum atomic E-state index is 5.94. The Bertz CT molecular complexity index is 251. The molecule has 0 aliphatic carbocycles. The minimum atomic E-state index is -0.781. The third-order valence-corrected chi connectivity index (χ3v) is 13.5. The second-order valence-electron chi connectivity index (χ2n) is 2.94. The van der Waals surface area contributed by atoms with Crippen LogP contribution >= 0.6 is 13.9 Å². The Balaban J connectivity index is 2.56. The van der Waals surface area contributed by atoms with Gasteiger partial charge in [-0.15, -0.1) is 0 Å². The van der Waals surface area contributed by atoms with Gasteiger partial charge in [0.15, 0.2) is 0 Å². The van der Waals surface area contributed by atoms with Gasteiger partial charge in [0.2, 0.25) is 0 Å². The second kappa shape index (κ2) is 4.20. The number of nitrogens with zero attached hydrogens (tertiary/aromatic N) is 1. The molecule has 0 amide bonds. The van der Waals surface area contributed by atoms with Gasteiger partial charge in [-0.1, -0.05) is 0 Å². The van der Waals surface area contributed by atoms with E-state index in [1.165, 1.54) is 11.9 Å². The Labute approximate surface area is 80.2 Å². The molecule has 0 saturated carbocycles. The average molecular weight is 374 g/mol. The Morgan fingerprint density at radius 2 is 2.45 bits per heavy atom.